The second kappa shape index (κ2) is 9.60. The van der Waals surface area contributed by atoms with Gasteiger partial charge in [0, 0.05) is 18.1 Å². The van der Waals surface area contributed by atoms with E-state index in [0.29, 0.717) is 0 Å². The van der Waals surface area contributed by atoms with Crippen LogP contribution in [0, 0.1) is 0 Å². The number of nitrogens with zero attached hydrogens (tertiary/aromatic N) is 1. The number of aliphatic hydroxyl groups is 3. The fourth-order valence-electron chi connectivity index (χ4n) is 4.89. The van der Waals surface area contributed by atoms with Crippen molar-refractivity contribution in [2.45, 2.75) is 62.7 Å². The molecule has 180 valence electrons. The average molecular weight is 465 g/mol. The van der Waals surface area contributed by atoms with E-state index in [-0.39, 0.29) is 18.9 Å². The molecule has 0 unspecified atom stereocenters. The van der Waals surface area contributed by atoms with E-state index in [1.54, 1.807) is 0 Å². The summed E-state index contributed by atoms with van der Waals surface area (Å²) in [5, 5.41) is 35.8. The van der Waals surface area contributed by atoms with Crippen LogP contribution in [0.2, 0.25) is 0 Å². The molecule has 1 aliphatic carbocycles. The van der Waals surface area contributed by atoms with Crippen molar-refractivity contribution in [3.63, 3.8) is 0 Å². The van der Waals surface area contributed by atoms with Gasteiger partial charge in [-0.15, -0.1) is 0 Å². The quantitative estimate of drug-likeness (QED) is 0.408. The van der Waals surface area contributed by atoms with Gasteiger partial charge < -0.3 is 29.9 Å². The summed E-state index contributed by atoms with van der Waals surface area (Å²) in [4.78, 5) is 11.3. The number of hydrogen-bond donors (Lipinski definition) is 4. The second-order valence-corrected chi connectivity index (χ2v) is 9.64. The SMILES string of the molecule is CC(=O)CNC[C@H]1O[C@@H](n2cc(Cc3ccc(C4CC4)cc3)c3ccccc32)[C@H](O)[C@@H](O)[C@@H]1O. The molecule has 1 aromatic heterocycles. The molecule has 3 aromatic rings. The number of nitrogens with one attached hydrogen (secondary N) is 1. The van der Waals surface area contributed by atoms with Crippen LogP contribution in [-0.2, 0) is 16.0 Å². The number of para-hydroxylation sites is 1. The van der Waals surface area contributed by atoms with Gasteiger partial charge in [0.25, 0.3) is 0 Å². The number of aliphatic hydroxyl groups excluding tert-OH is 3. The van der Waals surface area contributed by atoms with Crippen molar-refractivity contribution in [1.29, 1.82) is 0 Å². The van der Waals surface area contributed by atoms with Crippen LogP contribution in [0.5, 0.6) is 0 Å². The summed E-state index contributed by atoms with van der Waals surface area (Å²) in [6, 6.07) is 16.7. The predicted octanol–water partition coefficient (Wildman–Crippen LogP) is 2.27. The molecule has 1 saturated carbocycles. The molecule has 5 atom stereocenters. The number of carbonyl (C=O) groups is 1. The van der Waals surface area contributed by atoms with E-state index >= 15 is 0 Å². The van der Waals surface area contributed by atoms with Crippen LogP contribution in [0.4, 0.5) is 0 Å². The highest BCUT2D eigenvalue weighted by molar-refractivity contribution is 5.84. The molecule has 2 aromatic carbocycles. The molecule has 2 heterocycles. The highest BCUT2D eigenvalue weighted by Crippen LogP contribution is 2.40. The van der Waals surface area contributed by atoms with Crippen molar-refractivity contribution < 1.29 is 24.9 Å². The lowest BCUT2D eigenvalue weighted by molar-refractivity contribution is -0.242. The van der Waals surface area contributed by atoms with Crippen LogP contribution in [0.1, 0.15) is 48.6 Å². The molecule has 7 nitrogen and oxygen atoms in total. The topological polar surface area (TPSA) is 104 Å². The minimum absolute atomic E-state index is 0.0337. The summed E-state index contributed by atoms with van der Waals surface area (Å²) in [6.07, 6.45) is -0.334. The van der Waals surface area contributed by atoms with Crippen molar-refractivity contribution in [2.75, 3.05) is 13.1 Å². The number of Topliss-reactive ketones (excluding diaryl/α,β-unsaturated/α-hetero) is 1. The second-order valence-electron chi connectivity index (χ2n) is 9.64. The van der Waals surface area contributed by atoms with Gasteiger partial charge in [-0.25, -0.2) is 0 Å². The minimum Gasteiger partial charge on any atom is -0.388 e. The Bertz CT molecular complexity index is 1150. The Morgan fingerprint density at radius 2 is 1.76 bits per heavy atom. The van der Waals surface area contributed by atoms with Crippen LogP contribution in [0.15, 0.2) is 54.7 Å². The van der Waals surface area contributed by atoms with Crippen LogP contribution >= 0.6 is 0 Å². The Balaban J connectivity index is 1.42. The molecule has 0 bridgehead atoms. The molecule has 0 spiro atoms. The van der Waals surface area contributed by atoms with E-state index in [0.717, 1.165) is 28.8 Å². The predicted molar refractivity (Wildman–Crippen MR) is 129 cm³/mol. The number of aromatic nitrogens is 1. The first kappa shape index (κ1) is 23.2. The third kappa shape index (κ3) is 4.67. The van der Waals surface area contributed by atoms with Crippen LogP contribution < -0.4 is 5.32 Å². The monoisotopic (exact) mass is 464 g/mol. The number of hydrogen-bond acceptors (Lipinski definition) is 6. The number of benzene rings is 2. The molecule has 1 aliphatic heterocycles. The molecule has 2 aliphatic rings. The van der Waals surface area contributed by atoms with Crippen LogP contribution in [0.25, 0.3) is 10.9 Å². The van der Waals surface area contributed by atoms with E-state index in [9.17, 15) is 20.1 Å². The number of ketones is 1. The lowest BCUT2D eigenvalue weighted by Gasteiger charge is -2.41. The Morgan fingerprint density at radius 3 is 2.47 bits per heavy atom. The summed E-state index contributed by atoms with van der Waals surface area (Å²) in [5.74, 6) is 0.689. The number of carbonyl (C=O) groups excluding carboxylic acids is 1. The zero-order chi connectivity index (χ0) is 23.8. The fraction of sp³-hybridized carbons (Fsp3) is 0.444. The van der Waals surface area contributed by atoms with E-state index in [1.807, 2.05) is 35.0 Å². The average Bonchev–Trinajstić information content (AvgIpc) is 3.62. The molecular weight excluding hydrogens is 432 g/mol. The Kier molecular flexibility index (Phi) is 6.55. The van der Waals surface area contributed by atoms with Gasteiger partial charge >= 0.3 is 0 Å². The maximum absolute atomic E-state index is 11.3. The van der Waals surface area contributed by atoms with Gasteiger partial charge in [-0.05, 0) is 54.9 Å². The van der Waals surface area contributed by atoms with Gasteiger partial charge in [-0.3, -0.25) is 4.79 Å². The number of ether oxygens (including phenoxy) is 1. The fourth-order valence-corrected chi connectivity index (χ4v) is 4.89. The van der Waals surface area contributed by atoms with Crippen molar-refractivity contribution in [3.8, 4) is 0 Å². The largest absolute Gasteiger partial charge is 0.388 e. The van der Waals surface area contributed by atoms with Gasteiger partial charge in [0.1, 0.15) is 30.2 Å². The molecule has 0 radical (unpaired) electrons. The standard InChI is InChI=1S/C27H32N2O5/c1-16(30)13-28-14-23-24(31)25(32)26(33)27(34-23)29-15-20(21-4-2-3-5-22(21)29)12-17-6-8-18(9-7-17)19-10-11-19/h2-9,15,19,23-28,31-33H,10-14H2,1H3/t23-,24-,25+,26-,27-/m1/s1. The maximum Gasteiger partial charge on any atom is 0.163 e. The van der Waals surface area contributed by atoms with E-state index in [2.05, 4.69) is 29.6 Å². The summed E-state index contributed by atoms with van der Waals surface area (Å²) < 4.78 is 7.95. The Hall–Kier alpha value is -2.55. The smallest absolute Gasteiger partial charge is 0.163 e. The van der Waals surface area contributed by atoms with Gasteiger partial charge in [-0.1, -0.05) is 42.5 Å². The zero-order valence-corrected chi connectivity index (χ0v) is 19.3. The Labute approximate surface area is 199 Å². The molecule has 4 N–H and O–H groups in total. The van der Waals surface area contributed by atoms with Crippen LogP contribution in [0.3, 0.4) is 0 Å². The minimum atomic E-state index is -1.37. The van der Waals surface area contributed by atoms with Gasteiger partial charge in [0.2, 0.25) is 0 Å². The summed E-state index contributed by atoms with van der Waals surface area (Å²) in [5.41, 5.74) is 4.59. The summed E-state index contributed by atoms with van der Waals surface area (Å²) >= 11 is 0. The van der Waals surface area contributed by atoms with Gasteiger partial charge in [0.05, 0.1) is 12.1 Å². The molecule has 1 saturated heterocycles. The maximum atomic E-state index is 11.3. The van der Waals surface area contributed by atoms with Gasteiger partial charge in [-0.2, -0.15) is 0 Å². The molecular formula is C27H32N2O5. The lowest BCUT2D eigenvalue weighted by atomic mass is 9.97. The zero-order valence-electron chi connectivity index (χ0n) is 19.3. The normalized spacial score (nSPS) is 27.2. The van der Waals surface area contributed by atoms with E-state index in [4.69, 9.17) is 4.74 Å². The number of rotatable bonds is 8. The van der Waals surface area contributed by atoms with Gasteiger partial charge in [0.15, 0.2) is 6.23 Å². The van der Waals surface area contributed by atoms with E-state index in [1.165, 1.54) is 30.9 Å². The molecule has 0 amide bonds. The highest BCUT2D eigenvalue weighted by atomic mass is 16.5. The van der Waals surface area contributed by atoms with E-state index < -0.39 is 30.6 Å². The first-order valence-electron chi connectivity index (χ1n) is 12.0. The summed E-state index contributed by atoms with van der Waals surface area (Å²) in [6.45, 7) is 1.80. The van der Waals surface area contributed by atoms with Crippen molar-refractivity contribution in [3.05, 3.63) is 71.4 Å². The first-order valence-corrected chi connectivity index (χ1v) is 12.0. The van der Waals surface area contributed by atoms with Crippen LogP contribution in [-0.4, -0.2) is 63.2 Å². The molecule has 5 rings (SSSR count). The third-order valence-corrected chi connectivity index (χ3v) is 6.93. The lowest BCUT2D eigenvalue weighted by Crippen LogP contribution is -2.58. The number of fused-ring (bicyclic) bond motifs is 1. The highest BCUT2D eigenvalue weighted by Gasteiger charge is 2.44. The first-order chi connectivity index (χ1) is 16.4. The Morgan fingerprint density at radius 1 is 1.03 bits per heavy atom. The van der Waals surface area contributed by atoms with Crippen molar-refractivity contribution in [1.82, 2.24) is 9.88 Å². The van der Waals surface area contributed by atoms with Crippen molar-refractivity contribution in [2.24, 2.45) is 0 Å². The molecule has 7 heteroatoms. The molecule has 2 fully saturated rings. The van der Waals surface area contributed by atoms with Crippen molar-refractivity contribution >= 4 is 16.7 Å². The summed E-state index contributed by atoms with van der Waals surface area (Å²) in [7, 11) is 0. The molecule has 34 heavy (non-hydrogen) atoms. The third-order valence-electron chi connectivity index (χ3n) is 6.93.